The number of halogens is 2. The number of fused-ring (bicyclic) bond motifs is 3. The van der Waals surface area contributed by atoms with Gasteiger partial charge in [0.25, 0.3) is 0 Å². The predicted octanol–water partition coefficient (Wildman–Crippen LogP) is 4.81. The largest absolute Gasteiger partial charge is 0.375 e. The first-order chi connectivity index (χ1) is 10.2. The lowest BCUT2D eigenvalue weighted by Crippen LogP contribution is -2.29. The average Bonchev–Trinajstić information content (AvgIpc) is 2.97. The standard InChI is InChI=1S/C17H14BrFN2/c18-11-8-14-12-2-1-3-13(12)16(10-4-6-20-7-5-10)21-17(14)15(19)9-11/h1-2,4-9,12-13,16,21H,3H2/t12-,13-,16+/m0/s1. The zero-order valence-corrected chi connectivity index (χ0v) is 12.8. The van der Waals surface area contributed by atoms with Crippen molar-refractivity contribution in [2.24, 2.45) is 5.92 Å². The summed E-state index contributed by atoms with van der Waals surface area (Å²) in [6.45, 7) is 0. The van der Waals surface area contributed by atoms with E-state index in [0.29, 0.717) is 11.6 Å². The molecule has 0 fully saturated rings. The summed E-state index contributed by atoms with van der Waals surface area (Å²) in [6.07, 6.45) is 9.02. The van der Waals surface area contributed by atoms with Crippen LogP contribution in [0.15, 0.2) is 53.3 Å². The Morgan fingerprint density at radius 1 is 1.24 bits per heavy atom. The predicted molar refractivity (Wildman–Crippen MR) is 84.7 cm³/mol. The van der Waals surface area contributed by atoms with Crippen LogP contribution in [0.3, 0.4) is 0 Å². The van der Waals surface area contributed by atoms with Crippen LogP contribution in [0.25, 0.3) is 0 Å². The molecule has 2 nitrogen and oxygen atoms in total. The molecule has 2 aliphatic rings. The third-order valence-corrected chi connectivity index (χ3v) is 4.91. The third-order valence-electron chi connectivity index (χ3n) is 4.45. The quantitative estimate of drug-likeness (QED) is 0.751. The van der Waals surface area contributed by atoms with Crippen molar-refractivity contribution in [3.63, 3.8) is 0 Å². The second-order valence-corrected chi connectivity index (χ2v) is 6.52. The topological polar surface area (TPSA) is 24.9 Å². The van der Waals surface area contributed by atoms with Crippen molar-refractivity contribution in [2.75, 3.05) is 5.32 Å². The van der Waals surface area contributed by atoms with Crippen molar-refractivity contribution in [3.8, 4) is 0 Å². The number of nitrogens with one attached hydrogen (secondary N) is 1. The van der Waals surface area contributed by atoms with Gasteiger partial charge in [0.15, 0.2) is 0 Å². The molecule has 1 aromatic carbocycles. The Hall–Kier alpha value is -1.68. The molecular weight excluding hydrogens is 331 g/mol. The van der Waals surface area contributed by atoms with Crippen LogP contribution in [0.5, 0.6) is 0 Å². The summed E-state index contributed by atoms with van der Waals surface area (Å²) in [5.41, 5.74) is 2.84. The highest BCUT2D eigenvalue weighted by Gasteiger charge is 2.39. The molecule has 0 saturated carbocycles. The van der Waals surface area contributed by atoms with Crippen LogP contribution in [0.1, 0.15) is 29.5 Å². The average molecular weight is 345 g/mol. The number of aromatic nitrogens is 1. The molecule has 2 heterocycles. The molecule has 1 aliphatic heterocycles. The fourth-order valence-corrected chi connectivity index (χ4v) is 3.97. The van der Waals surface area contributed by atoms with E-state index >= 15 is 0 Å². The van der Waals surface area contributed by atoms with Crippen LogP contribution in [-0.4, -0.2) is 4.98 Å². The van der Waals surface area contributed by atoms with E-state index in [9.17, 15) is 4.39 Å². The van der Waals surface area contributed by atoms with Crippen molar-refractivity contribution < 1.29 is 4.39 Å². The molecule has 1 N–H and O–H groups in total. The molecule has 1 aromatic heterocycles. The molecule has 4 rings (SSSR count). The molecule has 21 heavy (non-hydrogen) atoms. The van der Waals surface area contributed by atoms with E-state index in [1.165, 1.54) is 6.07 Å². The Morgan fingerprint density at radius 3 is 2.86 bits per heavy atom. The van der Waals surface area contributed by atoms with Gasteiger partial charge in [0.2, 0.25) is 0 Å². The van der Waals surface area contributed by atoms with Gasteiger partial charge in [0, 0.05) is 22.8 Å². The normalized spacial score (nSPS) is 26.1. The van der Waals surface area contributed by atoms with E-state index in [0.717, 1.165) is 22.0 Å². The Labute approximate surface area is 131 Å². The minimum Gasteiger partial charge on any atom is -0.375 e. The summed E-state index contributed by atoms with van der Waals surface area (Å²) < 4.78 is 15.1. The Morgan fingerprint density at radius 2 is 2.05 bits per heavy atom. The summed E-state index contributed by atoms with van der Waals surface area (Å²) in [4.78, 5) is 4.08. The van der Waals surface area contributed by atoms with E-state index in [2.05, 4.69) is 38.4 Å². The van der Waals surface area contributed by atoms with Gasteiger partial charge in [-0.15, -0.1) is 0 Å². The van der Waals surface area contributed by atoms with Crippen LogP contribution in [0, 0.1) is 11.7 Å². The molecule has 0 spiro atoms. The van der Waals surface area contributed by atoms with Crippen LogP contribution in [0.2, 0.25) is 0 Å². The molecule has 0 radical (unpaired) electrons. The summed E-state index contributed by atoms with van der Waals surface area (Å²) in [6, 6.07) is 7.69. The fourth-order valence-electron chi connectivity index (χ4n) is 3.52. The van der Waals surface area contributed by atoms with Gasteiger partial charge in [-0.1, -0.05) is 28.1 Å². The third kappa shape index (κ3) is 2.09. The Kier molecular flexibility index (Phi) is 3.07. The summed E-state index contributed by atoms with van der Waals surface area (Å²) in [7, 11) is 0. The summed E-state index contributed by atoms with van der Waals surface area (Å²) in [5, 5.41) is 3.42. The van der Waals surface area contributed by atoms with E-state index in [1.807, 2.05) is 18.2 Å². The smallest absolute Gasteiger partial charge is 0.147 e. The highest BCUT2D eigenvalue weighted by atomic mass is 79.9. The number of hydrogen-bond acceptors (Lipinski definition) is 2. The van der Waals surface area contributed by atoms with Gasteiger partial charge < -0.3 is 5.32 Å². The highest BCUT2D eigenvalue weighted by Crippen LogP contribution is 2.50. The monoisotopic (exact) mass is 344 g/mol. The zero-order valence-electron chi connectivity index (χ0n) is 11.3. The van der Waals surface area contributed by atoms with Crippen LogP contribution >= 0.6 is 15.9 Å². The van der Waals surface area contributed by atoms with Gasteiger partial charge >= 0.3 is 0 Å². The molecule has 4 heteroatoms. The number of rotatable bonds is 1. The summed E-state index contributed by atoms with van der Waals surface area (Å²) in [5.74, 6) is 0.497. The second kappa shape index (κ2) is 4.95. The van der Waals surface area contributed by atoms with Crippen molar-refractivity contribution in [1.82, 2.24) is 4.98 Å². The SMILES string of the molecule is Fc1cc(Br)cc2c1N[C@H](c1ccncc1)[C@H]1CC=C[C@H]21. The van der Waals surface area contributed by atoms with Crippen LogP contribution < -0.4 is 5.32 Å². The first kappa shape index (κ1) is 13.0. The highest BCUT2D eigenvalue weighted by molar-refractivity contribution is 9.10. The lowest BCUT2D eigenvalue weighted by atomic mass is 9.77. The minimum absolute atomic E-state index is 0.121. The zero-order chi connectivity index (χ0) is 14.4. The van der Waals surface area contributed by atoms with Gasteiger partial charge in [0.1, 0.15) is 5.82 Å². The summed E-state index contributed by atoms with van der Waals surface area (Å²) >= 11 is 3.40. The molecule has 0 saturated heterocycles. The van der Waals surface area contributed by atoms with Gasteiger partial charge in [-0.05, 0) is 47.7 Å². The van der Waals surface area contributed by atoms with E-state index < -0.39 is 0 Å². The van der Waals surface area contributed by atoms with E-state index in [-0.39, 0.29) is 17.8 Å². The number of allylic oxidation sites excluding steroid dienone is 2. The number of hydrogen-bond donors (Lipinski definition) is 1. The molecule has 1 aliphatic carbocycles. The fraction of sp³-hybridized carbons (Fsp3) is 0.235. The maximum Gasteiger partial charge on any atom is 0.147 e. The van der Waals surface area contributed by atoms with E-state index in [4.69, 9.17) is 0 Å². The first-order valence-electron chi connectivity index (χ1n) is 7.06. The van der Waals surface area contributed by atoms with Gasteiger partial charge in [-0.25, -0.2) is 4.39 Å². The van der Waals surface area contributed by atoms with Crippen molar-refractivity contribution in [2.45, 2.75) is 18.4 Å². The van der Waals surface area contributed by atoms with Crippen molar-refractivity contribution >= 4 is 21.6 Å². The second-order valence-electron chi connectivity index (χ2n) is 5.61. The molecular formula is C17H14BrFN2. The Bertz CT molecular complexity index is 714. The van der Waals surface area contributed by atoms with Gasteiger partial charge in [-0.3, -0.25) is 4.98 Å². The number of benzene rings is 1. The maximum atomic E-state index is 14.3. The van der Waals surface area contributed by atoms with Crippen molar-refractivity contribution in [3.05, 3.63) is 70.2 Å². The lowest BCUT2D eigenvalue weighted by Gasteiger charge is -2.37. The van der Waals surface area contributed by atoms with Gasteiger partial charge in [0.05, 0.1) is 11.7 Å². The maximum absolute atomic E-state index is 14.3. The number of pyridine rings is 1. The molecule has 0 bridgehead atoms. The first-order valence-corrected chi connectivity index (χ1v) is 7.85. The lowest BCUT2D eigenvalue weighted by molar-refractivity contribution is 0.420. The molecule has 0 unspecified atom stereocenters. The van der Waals surface area contributed by atoms with E-state index in [1.54, 1.807) is 12.4 Å². The molecule has 3 atom stereocenters. The van der Waals surface area contributed by atoms with Gasteiger partial charge in [-0.2, -0.15) is 0 Å². The molecule has 106 valence electrons. The number of anilines is 1. The molecule has 0 amide bonds. The number of nitrogens with zero attached hydrogens (tertiary/aromatic N) is 1. The van der Waals surface area contributed by atoms with Crippen molar-refractivity contribution in [1.29, 1.82) is 0 Å². The van der Waals surface area contributed by atoms with Crippen LogP contribution in [0.4, 0.5) is 10.1 Å². The minimum atomic E-state index is -0.197. The van der Waals surface area contributed by atoms with Crippen LogP contribution in [-0.2, 0) is 0 Å². The molecule has 2 aromatic rings. The Balaban J connectivity index is 1.84.